The number of hydrogen-bond donors (Lipinski definition) is 2. The Morgan fingerprint density at radius 2 is 0.977 bits per heavy atom. The summed E-state index contributed by atoms with van der Waals surface area (Å²) in [6.45, 7) is 3.59. The molecule has 2 aliphatic rings. The fraction of sp³-hybridized carbons (Fsp3) is 0.0588. The minimum absolute atomic E-state index is 0.226. The van der Waals surface area contributed by atoms with Crippen LogP contribution in [0.25, 0.3) is 11.1 Å². The third kappa shape index (κ3) is 5.99. The topological polar surface area (TPSA) is 89.4 Å². The molecule has 2 heterocycles. The molecule has 0 spiro atoms. The van der Waals surface area contributed by atoms with Gasteiger partial charge in [-0.2, -0.15) is 20.2 Å². The zero-order valence-corrected chi connectivity index (χ0v) is 25.3. The number of carbonyl (C=O) groups is 2. The highest BCUT2D eigenvalue weighted by Crippen LogP contribution is 2.28. The van der Waals surface area contributed by atoms with Crippen LogP contribution >= 0.6 is 23.2 Å². The molecule has 0 saturated carbocycles. The van der Waals surface area contributed by atoms with E-state index in [1.165, 1.54) is 10.0 Å². The zero-order valence-electron chi connectivity index (χ0n) is 23.8. The number of nitrogens with one attached hydrogen (secondary N) is 2. The van der Waals surface area contributed by atoms with Gasteiger partial charge in [0.2, 0.25) is 0 Å². The number of anilines is 4. The van der Waals surface area contributed by atoms with Crippen molar-refractivity contribution < 1.29 is 9.59 Å². The van der Waals surface area contributed by atoms with Gasteiger partial charge in [-0.1, -0.05) is 59.6 Å². The molecule has 0 atom stereocenters. The number of nitrogens with zero attached hydrogens (tertiary/aromatic N) is 4. The summed E-state index contributed by atoms with van der Waals surface area (Å²) in [5.74, 6) is -0.451. The Morgan fingerprint density at radius 1 is 0.591 bits per heavy atom. The van der Waals surface area contributed by atoms with Gasteiger partial charge in [0.15, 0.2) is 0 Å². The molecule has 2 aliphatic heterocycles. The maximum Gasteiger partial charge on any atom is 0.282 e. The fourth-order valence-corrected chi connectivity index (χ4v) is 5.13. The lowest BCUT2D eigenvalue weighted by Gasteiger charge is -2.12. The molecule has 4 aromatic carbocycles. The lowest BCUT2D eigenvalue weighted by molar-refractivity contribution is -0.115. The Labute approximate surface area is 264 Å². The molecule has 2 amide bonds. The Balaban J connectivity index is 1.08. The van der Waals surface area contributed by atoms with Gasteiger partial charge in [0.05, 0.1) is 33.9 Å². The summed E-state index contributed by atoms with van der Waals surface area (Å²) in [4.78, 5) is 26.0. The van der Waals surface area contributed by atoms with E-state index in [0.29, 0.717) is 44.0 Å². The van der Waals surface area contributed by atoms with Crippen molar-refractivity contribution in [1.82, 2.24) is 0 Å². The lowest BCUT2D eigenvalue weighted by Crippen LogP contribution is -2.21. The van der Waals surface area contributed by atoms with Crippen LogP contribution in [0.2, 0.25) is 10.0 Å². The van der Waals surface area contributed by atoms with Crippen LogP contribution in [0.1, 0.15) is 13.8 Å². The Kier molecular flexibility index (Phi) is 8.02. The predicted molar refractivity (Wildman–Crippen MR) is 179 cm³/mol. The van der Waals surface area contributed by atoms with Crippen molar-refractivity contribution in [3.8, 4) is 11.1 Å². The van der Waals surface area contributed by atoms with Crippen LogP contribution in [0.3, 0.4) is 0 Å². The SMILES string of the molecule is CC1=NN(c2cccc(Cl)c2)C(=O)/C1=C\Nc1ccc(-c2ccc(N/C=C3/C(=O)N(c4cccc(Cl)c4)N=C3C)cc2)cc1. The second-order valence-electron chi connectivity index (χ2n) is 10.1. The first-order valence-electron chi connectivity index (χ1n) is 13.7. The molecule has 4 aromatic rings. The first-order chi connectivity index (χ1) is 21.3. The molecule has 0 unspecified atom stereocenters. The maximum absolute atomic E-state index is 13.0. The van der Waals surface area contributed by atoms with E-state index in [4.69, 9.17) is 23.2 Å². The quantitative estimate of drug-likeness (QED) is 0.204. The third-order valence-corrected chi connectivity index (χ3v) is 7.57. The molecular weight excluding hydrogens is 595 g/mol. The summed E-state index contributed by atoms with van der Waals surface area (Å²) in [5.41, 5.74) is 7.13. The van der Waals surface area contributed by atoms with E-state index in [0.717, 1.165) is 22.5 Å². The predicted octanol–water partition coefficient (Wildman–Crippen LogP) is 8.10. The molecule has 10 heteroatoms. The fourth-order valence-electron chi connectivity index (χ4n) is 4.76. The number of amides is 2. The molecule has 0 saturated heterocycles. The van der Waals surface area contributed by atoms with Crippen molar-refractivity contribution in [2.24, 2.45) is 10.2 Å². The van der Waals surface area contributed by atoms with Crippen molar-refractivity contribution >= 4 is 69.2 Å². The molecule has 8 nitrogen and oxygen atoms in total. The summed E-state index contributed by atoms with van der Waals surface area (Å²) in [5, 5.41) is 19.0. The van der Waals surface area contributed by atoms with Crippen LogP contribution in [-0.4, -0.2) is 23.2 Å². The second-order valence-corrected chi connectivity index (χ2v) is 11.0. The molecule has 2 N–H and O–H groups in total. The first-order valence-corrected chi connectivity index (χ1v) is 14.5. The maximum atomic E-state index is 13.0. The van der Waals surface area contributed by atoms with E-state index in [-0.39, 0.29) is 11.8 Å². The van der Waals surface area contributed by atoms with E-state index in [1.54, 1.807) is 74.8 Å². The first kappa shape index (κ1) is 28.9. The highest BCUT2D eigenvalue weighted by molar-refractivity contribution is 6.33. The van der Waals surface area contributed by atoms with Crippen LogP contribution in [0.5, 0.6) is 0 Å². The summed E-state index contributed by atoms with van der Waals surface area (Å²) in [6, 6.07) is 29.9. The Bertz CT molecular complexity index is 1760. The number of halogens is 2. The smallest absolute Gasteiger partial charge is 0.282 e. The summed E-state index contributed by atoms with van der Waals surface area (Å²) < 4.78 is 0. The average Bonchev–Trinajstić information content (AvgIpc) is 3.48. The number of rotatable bonds is 7. The van der Waals surface area contributed by atoms with Gasteiger partial charge in [0, 0.05) is 33.8 Å². The summed E-state index contributed by atoms with van der Waals surface area (Å²) in [7, 11) is 0. The largest absolute Gasteiger partial charge is 0.361 e. The van der Waals surface area contributed by atoms with Crippen molar-refractivity contribution in [3.05, 3.63) is 131 Å². The van der Waals surface area contributed by atoms with E-state index >= 15 is 0 Å². The number of benzene rings is 4. The minimum atomic E-state index is -0.226. The van der Waals surface area contributed by atoms with Crippen LogP contribution in [0, 0.1) is 0 Å². The monoisotopic (exact) mass is 620 g/mol. The van der Waals surface area contributed by atoms with E-state index in [1.807, 2.05) is 48.5 Å². The van der Waals surface area contributed by atoms with Gasteiger partial charge >= 0.3 is 0 Å². The Morgan fingerprint density at radius 3 is 1.34 bits per heavy atom. The molecule has 218 valence electrons. The van der Waals surface area contributed by atoms with Crippen molar-refractivity contribution in [3.63, 3.8) is 0 Å². The van der Waals surface area contributed by atoms with Crippen LogP contribution in [-0.2, 0) is 9.59 Å². The number of hydrazone groups is 2. The van der Waals surface area contributed by atoms with E-state index in [9.17, 15) is 9.59 Å². The van der Waals surface area contributed by atoms with E-state index < -0.39 is 0 Å². The van der Waals surface area contributed by atoms with Gasteiger partial charge in [-0.3, -0.25) is 9.59 Å². The van der Waals surface area contributed by atoms with Gasteiger partial charge in [-0.05, 0) is 85.6 Å². The molecular formula is C34H26Cl2N6O2. The lowest BCUT2D eigenvalue weighted by atomic mass is 10.0. The molecule has 0 aliphatic carbocycles. The number of hydrogen-bond acceptors (Lipinski definition) is 6. The molecule has 0 bridgehead atoms. The van der Waals surface area contributed by atoms with Gasteiger partial charge < -0.3 is 10.6 Å². The van der Waals surface area contributed by atoms with E-state index in [2.05, 4.69) is 20.8 Å². The summed E-state index contributed by atoms with van der Waals surface area (Å²) >= 11 is 12.2. The van der Waals surface area contributed by atoms with Crippen LogP contribution < -0.4 is 20.7 Å². The van der Waals surface area contributed by atoms with Crippen molar-refractivity contribution in [2.75, 3.05) is 20.7 Å². The Hall–Kier alpha value is -5.18. The number of carbonyl (C=O) groups excluding carboxylic acids is 2. The minimum Gasteiger partial charge on any atom is -0.361 e. The highest BCUT2D eigenvalue weighted by atomic mass is 35.5. The highest BCUT2D eigenvalue weighted by Gasteiger charge is 2.30. The average molecular weight is 622 g/mol. The van der Waals surface area contributed by atoms with Gasteiger partial charge in [-0.25, -0.2) is 0 Å². The normalized spacial score (nSPS) is 16.5. The molecule has 6 rings (SSSR count). The molecule has 0 aromatic heterocycles. The van der Waals surface area contributed by atoms with Gasteiger partial charge in [0.1, 0.15) is 0 Å². The molecule has 0 fully saturated rings. The molecule has 0 radical (unpaired) electrons. The second kappa shape index (κ2) is 12.2. The van der Waals surface area contributed by atoms with Crippen LogP contribution in [0.4, 0.5) is 22.7 Å². The summed E-state index contributed by atoms with van der Waals surface area (Å²) in [6.07, 6.45) is 3.34. The van der Waals surface area contributed by atoms with Gasteiger partial charge in [-0.15, -0.1) is 0 Å². The molecule has 44 heavy (non-hydrogen) atoms. The zero-order chi connectivity index (χ0) is 30.8. The van der Waals surface area contributed by atoms with Gasteiger partial charge in [0.25, 0.3) is 11.8 Å². The van der Waals surface area contributed by atoms with Crippen molar-refractivity contribution in [1.29, 1.82) is 0 Å². The third-order valence-electron chi connectivity index (χ3n) is 7.10. The standard InChI is InChI=1S/C34H26Cl2N6O2/c1-21-31(33(43)41(39-21)29-7-3-5-25(35)17-29)19-37-27-13-9-23(10-14-27)24-11-15-28(16-12-24)38-20-32-22(2)40-42(34(32)44)30-8-4-6-26(36)18-30/h3-20,37-38H,1-2H3/b31-19-,32-20+. The van der Waals surface area contributed by atoms with Crippen molar-refractivity contribution in [2.45, 2.75) is 13.8 Å². The van der Waals surface area contributed by atoms with Crippen LogP contribution in [0.15, 0.2) is 131 Å².